The van der Waals surface area contributed by atoms with Crippen LogP contribution in [-0.4, -0.2) is 46.1 Å². The van der Waals surface area contributed by atoms with E-state index >= 15 is 0 Å². The van der Waals surface area contributed by atoms with E-state index in [-0.39, 0.29) is 41.5 Å². The van der Waals surface area contributed by atoms with E-state index in [1.165, 1.54) is 6.92 Å². The van der Waals surface area contributed by atoms with Crippen LogP contribution in [0.4, 0.5) is 0 Å². The molecule has 0 unspecified atom stereocenters. The van der Waals surface area contributed by atoms with E-state index in [0.717, 1.165) is 38.5 Å². The molecule has 6 nitrogen and oxygen atoms in total. The van der Waals surface area contributed by atoms with Crippen LogP contribution in [0.5, 0.6) is 0 Å². The Morgan fingerprint density at radius 3 is 2.55 bits per heavy atom. The van der Waals surface area contributed by atoms with Gasteiger partial charge in [0, 0.05) is 24.7 Å². The van der Waals surface area contributed by atoms with Gasteiger partial charge in [-0.3, -0.25) is 14.4 Å². The Labute approximate surface area is 172 Å². The summed E-state index contributed by atoms with van der Waals surface area (Å²) in [6.45, 7) is 4.93. The average Bonchev–Trinajstić information content (AvgIpc) is 2.91. The SMILES string of the molecule is CC(=O)OCC(=O)[C@]1(O)CC[C@@H]2[C@H]3CC[C@H]4C[C@@H](O)CC[C@]4(C)[C@@H]3C(=O)C[C@@]21C. The molecule has 0 aromatic heterocycles. The Kier molecular flexibility index (Phi) is 4.97. The highest BCUT2D eigenvalue weighted by molar-refractivity contribution is 5.93. The minimum absolute atomic E-state index is 0.0438. The summed E-state index contributed by atoms with van der Waals surface area (Å²) in [6.07, 6.45) is 5.28. The first kappa shape index (κ1) is 21.0. The fourth-order valence-electron chi connectivity index (χ4n) is 7.80. The summed E-state index contributed by atoms with van der Waals surface area (Å²) >= 11 is 0. The third-order valence-electron chi connectivity index (χ3n) is 9.35. The summed E-state index contributed by atoms with van der Waals surface area (Å²) in [4.78, 5) is 37.5. The van der Waals surface area contributed by atoms with E-state index in [1.807, 2.05) is 6.92 Å². The zero-order chi connectivity index (χ0) is 21.2. The predicted octanol–water partition coefficient (Wildman–Crippen LogP) is 2.43. The summed E-state index contributed by atoms with van der Waals surface area (Å²) in [5.74, 6) is -0.256. The molecule has 4 aliphatic carbocycles. The van der Waals surface area contributed by atoms with Crippen molar-refractivity contribution in [3.8, 4) is 0 Å². The second-order valence-corrected chi connectivity index (χ2v) is 10.6. The molecule has 0 aromatic carbocycles. The van der Waals surface area contributed by atoms with Gasteiger partial charge in [-0.2, -0.15) is 0 Å². The number of hydrogen-bond donors (Lipinski definition) is 2. The third-order valence-corrected chi connectivity index (χ3v) is 9.35. The molecule has 0 aromatic rings. The molecule has 4 saturated carbocycles. The largest absolute Gasteiger partial charge is 0.458 e. The van der Waals surface area contributed by atoms with Crippen LogP contribution in [0.2, 0.25) is 0 Å². The van der Waals surface area contributed by atoms with Crippen LogP contribution in [0.3, 0.4) is 0 Å². The second kappa shape index (κ2) is 6.88. The van der Waals surface area contributed by atoms with Crippen LogP contribution in [0.15, 0.2) is 0 Å². The second-order valence-electron chi connectivity index (χ2n) is 10.6. The Morgan fingerprint density at radius 1 is 1.14 bits per heavy atom. The zero-order valence-electron chi connectivity index (χ0n) is 17.8. The van der Waals surface area contributed by atoms with Gasteiger partial charge in [0.15, 0.2) is 6.61 Å². The monoisotopic (exact) mass is 406 g/mol. The maximum Gasteiger partial charge on any atom is 0.303 e. The fourth-order valence-corrected chi connectivity index (χ4v) is 7.80. The molecule has 4 fully saturated rings. The van der Waals surface area contributed by atoms with Crippen molar-refractivity contribution in [2.75, 3.05) is 6.61 Å². The summed E-state index contributed by atoms with van der Waals surface area (Å²) in [6, 6.07) is 0. The van der Waals surface area contributed by atoms with E-state index in [1.54, 1.807) is 0 Å². The Balaban J connectivity index is 1.63. The molecular weight excluding hydrogens is 372 g/mol. The molecule has 29 heavy (non-hydrogen) atoms. The van der Waals surface area contributed by atoms with E-state index in [0.29, 0.717) is 12.3 Å². The van der Waals surface area contributed by atoms with Gasteiger partial charge >= 0.3 is 5.97 Å². The lowest BCUT2D eigenvalue weighted by atomic mass is 9.44. The van der Waals surface area contributed by atoms with Gasteiger partial charge in [0.25, 0.3) is 0 Å². The molecule has 6 heteroatoms. The number of carbonyl (C=O) groups excluding carboxylic acids is 3. The third kappa shape index (κ3) is 2.93. The minimum Gasteiger partial charge on any atom is -0.458 e. The first-order valence-electron chi connectivity index (χ1n) is 11.1. The van der Waals surface area contributed by atoms with Crippen molar-refractivity contribution in [2.45, 2.75) is 83.8 Å². The number of rotatable bonds is 3. The van der Waals surface area contributed by atoms with Crippen molar-refractivity contribution in [1.82, 2.24) is 0 Å². The molecular formula is C23H34O6. The number of ether oxygens (including phenoxy) is 1. The number of Topliss-reactive ketones (excluding diaryl/α,β-unsaturated/α-hetero) is 2. The van der Waals surface area contributed by atoms with Gasteiger partial charge < -0.3 is 14.9 Å². The number of aliphatic hydroxyl groups excluding tert-OH is 1. The molecule has 2 N–H and O–H groups in total. The van der Waals surface area contributed by atoms with Crippen molar-refractivity contribution < 1.29 is 29.3 Å². The number of ketones is 2. The van der Waals surface area contributed by atoms with Gasteiger partial charge in [-0.15, -0.1) is 0 Å². The fraction of sp³-hybridized carbons (Fsp3) is 0.870. The lowest BCUT2D eigenvalue weighted by Crippen LogP contribution is -2.62. The number of aliphatic hydroxyl groups is 2. The van der Waals surface area contributed by atoms with Crippen LogP contribution in [0.25, 0.3) is 0 Å². The van der Waals surface area contributed by atoms with Crippen LogP contribution in [0, 0.1) is 34.5 Å². The van der Waals surface area contributed by atoms with Crippen molar-refractivity contribution in [3.63, 3.8) is 0 Å². The van der Waals surface area contributed by atoms with Gasteiger partial charge in [-0.1, -0.05) is 13.8 Å². The van der Waals surface area contributed by atoms with Crippen molar-refractivity contribution in [2.24, 2.45) is 34.5 Å². The van der Waals surface area contributed by atoms with Crippen LogP contribution < -0.4 is 0 Å². The molecule has 0 bridgehead atoms. The summed E-state index contributed by atoms with van der Waals surface area (Å²) in [7, 11) is 0. The smallest absolute Gasteiger partial charge is 0.303 e. The predicted molar refractivity (Wildman–Crippen MR) is 105 cm³/mol. The maximum absolute atomic E-state index is 13.5. The number of fused-ring (bicyclic) bond motifs is 5. The molecule has 0 spiro atoms. The summed E-state index contributed by atoms with van der Waals surface area (Å²) in [5.41, 5.74) is -2.52. The highest BCUT2D eigenvalue weighted by Crippen LogP contribution is 2.67. The van der Waals surface area contributed by atoms with Crippen molar-refractivity contribution in [1.29, 1.82) is 0 Å². The lowest BCUT2D eigenvalue weighted by molar-refractivity contribution is -0.181. The molecule has 162 valence electrons. The molecule has 8 atom stereocenters. The normalized spacial score (nSPS) is 49.0. The van der Waals surface area contributed by atoms with Gasteiger partial charge in [0.2, 0.25) is 5.78 Å². The summed E-state index contributed by atoms with van der Waals surface area (Å²) < 4.78 is 4.88. The molecule has 0 saturated heterocycles. The van der Waals surface area contributed by atoms with E-state index in [2.05, 4.69) is 6.92 Å². The number of carbonyl (C=O) groups is 3. The molecule has 4 rings (SSSR count). The van der Waals surface area contributed by atoms with Crippen LogP contribution >= 0.6 is 0 Å². The standard InChI is InChI=1S/C23H34O6/c1-13(24)29-12-19(27)23(28)9-7-17-16-5-4-14-10-15(25)6-8-21(14,2)20(16)18(26)11-22(17,23)3/h14-17,20,25,28H,4-12H2,1-3H3/t14-,15-,16+,17+,20-,21-,22-,23+/m0/s1. The highest BCUT2D eigenvalue weighted by Gasteiger charge is 2.69. The van der Waals surface area contributed by atoms with Gasteiger partial charge in [0.1, 0.15) is 11.4 Å². The van der Waals surface area contributed by atoms with E-state index in [9.17, 15) is 24.6 Å². The lowest BCUT2D eigenvalue weighted by Gasteiger charge is -2.60. The zero-order valence-corrected chi connectivity index (χ0v) is 17.8. The number of esters is 1. The van der Waals surface area contributed by atoms with E-state index in [4.69, 9.17) is 4.74 Å². The maximum atomic E-state index is 13.5. The van der Waals surface area contributed by atoms with Crippen LogP contribution in [0.1, 0.15) is 72.1 Å². The molecule has 0 aliphatic heterocycles. The number of hydrogen-bond acceptors (Lipinski definition) is 6. The summed E-state index contributed by atoms with van der Waals surface area (Å²) in [5, 5.41) is 21.6. The topological polar surface area (TPSA) is 101 Å². The quantitative estimate of drug-likeness (QED) is 0.698. The van der Waals surface area contributed by atoms with Gasteiger partial charge in [0.05, 0.1) is 6.10 Å². The molecule has 0 radical (unpaired) electrons. The Morgan fingerprint density at radius 2 is 1.86 bits per heavy atom. The Bertz CT molecular complexity index is 733. The van der Waals surface area contributed by atoms with Gasteiger partial charge in [-0.05, 0) is 68.1 Å². The Hall–Kier alpha value is -1.27. The van der Waals surface area contributed by atoms with Crippen LogP contribution in [-0.2, 0) is 19.1 Å². The molecule has 4 aliphatic rings. The molecule has 0 amide bonds. The highest BCUT2D eigenvalue weighted by atomic mass is 16.5. The van der Waals surface area contributed by atoms with Crippen molar-refractivity contribution >= 4 is 17.5 Å². The minimum atomic E-state index is -1.62. The first-order chi connectivity index (χ1) is 13.5. The van der Waals surface area contributed by atoms with E-state index < -0.39 is 29.4 Å². The first-order valence-corrected chi connectivity index (χ1v) is 11.1. The molecule has 0 heterocycles. The van der Waals surface area contributed by atoms with Crippen molar-refractivity contribution in [3.05, 3.63) is 0 Å². The van der Waals surface area contributed by atoms with Gasteiger partial charge in [-0.25, -0.2) is 0 Å². The average molecular weight is 407 g/mol.